The zero-order valence-corrected chi connectivity index (χ0v) is 15.0. The second kappa shape index (κ2) is 6.72. The number of hydrogen-bond acceptors (Lipinski definition) is 4. The normalized spacial score (nSPS) is 10.9. The van der Waals surface area contributed by atoms with Crippen molar-refractivity contribution in [2.75, 3.05) is 11.6 Å². The van der Waals surface area contributed by atoms with Gasteiger partial charge < -0.3 is 5.32 Å². The number of nitrogens with zero attached hydrogens (tertiary/aromatic N) is 1. The first-order valence-corrected chi connectivity index (χ1v) is 9.40. The maximum Gasteiger partial charge on any atom is 0.230 e. The monoisotopic (exact) mass is 342 g/mol. The Morgan fingerprint density at radius 1 is 1.26 bits per heavy atom. The fourth-order valence-corrected chi connectivity index (χ4v) is 4.01. The van der Waals surface area contributed by atoms with E-state index in [-0.39, 0.29) is 5.91 Å². The third kappa shape index (κ3) is 3.57. The van der Waals surface area contributed by atoms with Gasteiger partial charge in [-0.15, -0.1) is 11.8 Å². The summed E-state index contributed by atoms with van der Waals surface area (Å²) in [7, 11) is 0. The van der Waals surface area contributed by atoms with Crippen LogP contribution in [-0.2, 0) is 11.2 Å². The third-order valence-corrected chi connectivity index (χ3v) is 5.41. The number of anilines is 1. The summed E-state index contributed by atoms with van der Waals surface area (Å²) in [4.78, 5) is 18.0. The summed E-state index contributed by atoms with van der Waals surface area (Å²) < 4.78 is 1.10. The van der Waals surface area contributed by atoms with E-state index in [0.717, 1.165) is 26.2 Å². The summed E-state index contributed by atoms with van der Waals surface area (Å²) in [5.41, 5.74) is 4.34. The van der Waals surface area contributed by atoms with E-state index < -0.39 is 0 Å². The molecule has 0 bridgehead atoms. The van der Waals surface area contributed by atoms with Crippen LogP contribution in [0.2, 0.25) is 0 Å². The van der Waals surface area contributed by atoms with Crippen molar-refractivity contribution in [2.24, 2.45) is 0 Å². The summed E-state index contributed by atoms with van der Waals surface area (Å²) >= 11 is 3.18. The lowest BCUT2D eigenvalue weighted by Crippen LogP contribution is -2.14. The Morgan fingerprint density at radius 2 is 2.09 bits per heavy atom. The Kier molecular flexibility index (Phi) is 4.68. The molecule has 0 atom stereocenters. The average Bonchev–Trinajstić information content (AvgIpc) is 2.92. The summed E-state index contributed by atoms with van der Waals surface area (Å²) in [5.74, 6) is -0.0246. The standard InChI is InChI=1S/C18H18N2OS2/c1-11-7-8-12(2)13(9-11)10-16(21)19-18-20-17-14(22-3)5-4-6-15(17)23-18/h4-9H,10H2,1-3H3,(H,19,20,21). The van der Waals surface area contributed by atoms with Gasteiger partial charge in [0.2, 0.25) is 5.91 Å². The predicted octanol–water partition coefficient (Wildman–Crippen LogP) is 4.82. The van der Waals surface area contributed by atoms with Crippen LogP contribution in [0.15, 0.2) is 41.3 Å². The molecule has 0 fully saturated rings. The number of thioether (sulfide) groups is 1. The van der Waals surface area contributed by atoms with Crippen molar-refractivity contribution in [2.45, 2.75) is 25.2 Å². The van der Waals surface area contributed by atoms with Crippen molar-refractivity contribution in [3.8, 4) is 0 Å². The molecule has 3 rings (SSSR count). The minimum atomic E-state index is -0.0246. The third-order valence-electron chi connectivity index (χ3n) is 3.70. The number of carbonyl (C=O) groups is 1. The van der Waals surface area contributed by atoms with Crippen molar-refractivity contribution in [3.63, 3.8) is 0 Å². The van der Waals surface area contributed by atoms with Crippen LogP contribution < -0.4 is 5.32 Å². The molecular weight excluding hydrogens is 324 g/mol. The van der Waals surface area contributed by atoms with Gasteiger partial charge in [0.25, 0.3) is 0 Å². The Balaban J connectivity index is 1.79. The molecule has 0 unspecified atom stereocenters. The van der Waals surface area contributed by atoms with Crippen LogP contribution in [0.4, 0.5) is 5.13 Å². The molecule has 118 valence electrons. The largest absolute Gasteiger partial charge is 0.302 e. The Morgan fingerprint density at radius 3 is 2.87 bits per heavy atom. The van der Waals surface area contributed by atoms with E-state index in [0.29, 0.717) is 11.6 Å². The highest BCUT2D eigenvalue weighted by atomic mass is 32.2. The van der Waals surface area contributed by atoms with Gasteiger partial charge in [-0.25, -0.2) is 4.98 Å². The number of aryl methyl sites for hydroxylation is 2. The molecule has 0 aliphatic heterocycles. The van der Waals surface area contributed by atoms with E-state index >= 15 is 0 Å². The number of hydrogen-bond donors (Lipinski definition) is 1. The second-order valence-corrected chi connectivity index (χ2v) is 7.36. The Bertz CT molecular complexity index is 871. The number of carbonyl (C=O) groups excluding carboxylic acids is 1. The van der Waals surface area contributed by atoms with Gasteiger partial charge in [0, 0.05) is 4.90 Å². The summed E-state index contributed by atoms with van der Waals surface area (Å²) in [6, 6.07) is 12.3. The number of benzene rings is 2. The number of thiazole rings is 1. The maximum atomic E-state index is 12.3. The molecule has 1 aromatic heterocycles. The number of nitrogens with one attached hydrogen (secondary N) is 1. The predicted molar refractivity (Wildman–Crippen MR) is 99.7 cm³/mol. The van der Waals surface area contributed by atoms with Gasteiger partial charge in [-0.05, 0) is 43.4 Å². The van der Waals surface area contributed by atoms with Crippen molar-refractivity contribution in [1.82, 2.24) is 4.98 Å². The first kappa shape index (κ1) is 16.0. The van der Waals surface area contributed by atoms with Crippen LogP contribution in [0.5, 0.6) is 0 Å². The highest BCUT2D eigenvalue weighted by Gasteiger charge is 2.11. The molecule has 1 heterocycles. The highest BCUT2D eigenvalue weighted by Crippen LogP contribution is 2.32. The summed E-state index contributed by atoms with van der Waals surface area (Å²) in [6.45, 7) is 4.07. The minimum absolute atomic E-state index is 0.0246. The molecule has 1 amide bonds. The first-order valence-electron chi connectivity index (χ1n) is 7.36. The van der Waals surface area contributed by atoms with Gasteiger partial charge >= 0.3 is 0 Å². The van der Waals surface area contributed by atoms with Crippen LogP contribution in [-0.4, -0.2) is 17.1 Å². The van der Waals surface area contributed by atoms with Crippen LogP contribution in [0.25, 0.3) is 10.2 Å². The lowest BCUT2D eigenvalue weighted by atomic mass is 10.0. The van der Waals surface area contributed by atoms with Gasteiger partial charge in [-0.1, -0.05) is 41.2 Å². The smallest absolute Gasteiger partial charge is 0.230 e. The first-order chi connectivity index (χ1) is 11.1. The number of para-hydroxylation sites is 1. The minimum Gasteiger partial charge on any atom is -0.302 e. The van der Waals surface area contributed by atoms with E-state index in [9.17, 15) is 4.79 Å². The van der Waals surface area contributed by atoms with E-state index in [1.807, 2.05) is 32.2 Å². The van der Waals surface area contributed by atoms with Crippen LogP contribution in [0, 0.1) is 13.8 Å². The molecule has 3 aromatic rings. The zero-order chi connectivity index (χ0) is 16.4. The van der Waals surface area contributed by atoms with Crippen LogP contribution in [0.1, 0.15) is 16.7 Å². The molecule has 0 aliphatic carbocycles. The maximum absolute atomic E-state index is 12.3. The number of amides is 1. The van der Waals surface area contributed by atoms with E-state index in [4.69, 9.17) is 0 Å². The topological polar surface area (TPSA) is 42.0 Å². The molecule has 0 saturated carbocycles. The molecule has 5 heteroatoms. The molecule has 23 heavy (non-hydrogen) atoms. The van der Waals surface area contributed by atoms with Crippen molar-refractivity contribution in [1.29, 1.82) is 0 Å². The van der Waals surface area contributed by atoms with Gasteiger partial charge in [0.05, 0.1) is 16.6 Å². The molecule has 1 N–H and O–H groups in total. The lowest BCUT2D eigenvalue weighted by molar-refractivity contribution is -0.115. The summed E-state index contributed by atoms with van der Waals surface area (Å²) in [5, 5.41) is 3.60. The van der Waals surface area contributed by atoms with Crippen LogP contribution in [0.3, 0.4) is 0 Å². The van der Waals surface area contributed by atoms with Crippen molar-refractivity contribution >= 4 is 44.4 Å². The average molecular weight is 342 g/mol. The quantitative estimate of drug-likeness (QED) is 0.691. The van der Waals surface area contributed by atoms with Crippen LogP contribution >= 0.6 is 23.1 Å². The lowest BCUT2D eigenvalue weighted by Gasteiger charge is -2.06. The fraction of sp³-hybridized carbons (Fsp3) is 0.222. The molecular formula is C18H18N2OS2. The molecule has 0 spiro atoms. The van der Waals surface area contributed by atoms with Gasteiger partial charge in [-0.2, -0.15) is 0 Å². The highest BCUT2D eigenvalue weighted by molar-refractivity contribution is 7.98. The molecule has 2 aromatic carbocycles. The van der Waals surface area contributed by atoms with E-state index in [1.165, 1.54) is 16.9 Å². The molecule has 3 nitrogen and oxygen atoms in total. The second-order valence-electron chi connectivity index (χ2n) is 5.48. The number of fused-ring (bicyclic) bond motifs is 1. The van der Waals surface area contributed by atoms with E-state index in [2.05, 4.69) is 34.6 Å². The molecule has 0 aliphatic rings. The number of aromatic nitrogens is 1. The van der Waals surface area contributed by atoms with E-state index in [1.54, 1.807) is 11.8 Å². The van der Waals surface area contributed by atoms with Crippen molar-refractivity contribution in [3.05, 3.63) is 53.1 Å². The molecule has 0 saturated heterocycles. The zero-order valence-electron chi connectivity index (χ0n) is 13.3. The van der Waals surface area contributed by atoms with Gasteiger partial charge in [0.15, 0.2) is 5.13 Å². The Labute approximate surface area is 144 Å². The fourth-order valence-electron chi connectivity index (χ4n) is 2.47. The van der Waals surface area contributed by atoms with Crippen molar-refractivity contribution < 1.29 is 4.79 Å². The Hall–Kier alpha value is -1.85. The van der Waals surface area contributed by atoms with Gasteiger partial charge in [0.1, 0.15) is 0 Å². The number of rotatable bonds is 4. The summed E-state index contributed by atoms with van der Waals surface area (Å²) in [6.07, 6.45) is 2.41. The van der Waals surface area contributed by atoms with Gasteiger partial charge in [-0.3, -0.25) is 4.79 Å². The molecule has 0 radical (unpaired) electrons. The SMILES string of the molecule is CSc1cccc2sc(NC(=O)Cc3cc(C)ccc3C)nc12.